The summed E-state index contributed by atoms with van der Waals surface area (Å²) >= 11 is 0. The van der Waals surface area contributed by atoms with E-state index in [4.69, 9.17) is 0 Å². The SMILES string of the molecule is COC(=O)c1ccc(NC(=O)Cn2nnc(-c3ccc(C(C)C)cc3)n2)cc1. The highest BCUT2D eigenvalue weighted by Gasteiger charge is 2.11. The molecule has 144 valence electrons. The van der Waals surface area contributed by atoms with Crippen LogP contribution in [-0.2, 0) is 16.1 Å². The van der Waals surface area contributed by atoms with Crippen LogP contribution in [0.2, 0.25) is 0 Å². The lowest BCUT2D eigenvalue weighted by molar-refractivity contribution is -0.117. The van der Waals surface area contributed by atoms with E-state index in [1.807, 2.05) is 24.3 Å². The first-order chi connectivity index (χ1) is 13.5. The van der Waals surface area contributed by atoms with Gasteiger partial charge in [-0.1, -0.05) is 38.1 Å². The summed E-state index contributed by atoms with van der Waals surface area (Å²) in [6, 6.07) is 14.4. The van der Waals surface area contributed by atoms with Crippen LogP contribution in [-0.4, -0.2) is 39.2 Å². The van der Waals surface area contributed by atoms with Crippen LogP contribution < -0.4 is 5.32 Å². The Balaban J connectivity index is 1.61. The first-order valence-electron chi connectivity index (χ1n) is 8.82. The molecule has 1 amide bonds. The van der Waals surface area contributed by atoms with Crippen molar-refractivity contribution in [3.05, 3.63) is 59.7 Å². The number of nitrogens with zero attached hydrogens (tertiary/aromatic N) is 4. The standard InChI is InChI=1S/C20H21N5O3/c1-13(2)14-4-6-15(7-5-14)19-22-24-25(23-19)12-18(26)21-17-10-8-16(9-11-17)20(27)28-3/h4-11,13H,12H2,1-3H3,(H,21,26). The summed E-state index contributed by atoms with van der Waals surface area (Å²) in [5, 5.41) is 14.9. The van der Waals surface area contributed by atoms with Gasteiger partial charge in [0.1, 0.15) is 6.54 Å². The van der Waals surface area contributed by atoms with Crippen molar-refractivity contribution in [3.63, 3.8) is 0 Å². The molecule has 1 aromatic heterocycles. The Morgan fingerprint density at radius 1 is 1.07 bits per heavy atom. The van der Waals surface area contributed by atoms with Crippen molar-refractivity contribution < 1.29 is 14.3 Å². The maximum absolute atomic E-state index is 12.2. The van der Waals surface area contributed by atoms with Crippen molar-refractivity contribution in [3.8, 4) is 11.4 Å². The molecule has 0 unspecified atom stereocenters. The monoisotopic (exact) mass is 379 g/mol. The number of rotatable bonds is 6. The number of ether oxygens (including phenoxy) is 1. The van der Waals surface area contributed by atoms with Crippen LogP contribution in [0.25, 0.3) is 11.4 Å². The molecule has 0 bridgehead atoms. The lowest BCUT2D eigenvalue weighted by Gasteiger charge is -2.05. The van der Waals surface area contributed by atoms with Crippen molar-refractivity contribution in [2.45, 2.75) is 26.3 Å². The lowest BCUT2D eigenvalue weighted by atomic mass is 10.0. The third-order valence-electron chi connectivity index (χ3n) is 4.16. The molecule has 8 nitrogen and oxygen atoms in total. The van der Waals surface area contributed by atoms with Crippen molar-refractivity contribution in [2.24, 2.45) is 0 Å². The molecular formula is C20H21N5O3. The number of methoxy groups -OCH3 is 1. The molecule has 0 atom stereocenters. The van der Waals surface area contributed by atoms with Crippen LogP contribution in [0.15, 0.2) is 48.5 Å². The van der Waals surface area contributed by atoms with E-state index in [-0.39, 0.29) is 12.5 Å². The van der Waals surface area contributed by atoms with Gasteiger partial charge in [0, 0.05) is 11.3 Å². The maximum atomic E-state index is 12.2. The molecule has 0 aliphatic heterocycles. The second-order valence-electron chi connectivity index (χ2n) is 6.54. The van der Waals surface area contributed by atoms with Crippen LogP contribution in [0.5, 0.6) is 0 Å². The fourth-order valence-electron chi connectivity index (χ4n) is 2.58. The number of esters is 1. The number of amides is 1. The van der Waals surface area contributed by atoms with E-state index >= 15 is 0 Å². The minimum absolute atomic E-state index is 0.0736. The molecular weight excluding hydrogens is 358 g/mol. The maximum Gasteiger partial charge on any atom is 0.337 e. The molecule has 0 aliphatic rings. The second kappa shape index (κ2) is 8.43. The highest BCUT2D eigenvalue weighted by atomic mass is 16.5. The fraction of sp³-hybridized carbons (Fsp3) is 0.250. The molecule has 2 aromatic carbocycles. The molecule has 3 rings (SSSR count). The number of anilines is 1. The molecule has 1 N–H and O–H groups in total. The molecule has 0 saturated carbocycles. The van der Waals surface area contributed by atoms with Crippen LogP contribution in [0, 0.1) is 0 Å². The van der Waals surface area contributed by atoms with Gasteiger partial charge in [0.15, 0.2) is 0 Å². The number of aromatic nitrogens is 4. The van der Waals surface area contributed by atoms with E-state index < -0.39 is 5.97 Å². The fourth-order valence-corrected chi connectivity index (χ4v) is 2.58. The second-order valence-corrected chi connectivity index (χ2v) is 6.54. The largest absolute Gasteiger partial charge is 0.465 e. The van der Waals surface area contributed by atoms with Crippen molar-refractivity contribution >= 4 is 17.6 Å². The number of tetrazole rings is 1. The Morgan fingerprint density at radius 3 is 2.36 bits per heavy atom. The van der Waals surface area contributed by atoms with Crippen LogP contribution in [0.4, 0.5) is 5.69 Å². The molecule has 3 aromatic rings. The van der Waals surface area contributed by atoms with Gasteiger partial charge in [-0.15, -0.1) is 10.2 Å². The zero-order chi connectivity index (χ0) is 20.1. The number of nitrogens with one attached hydrogen (secondary N) is 1. The Hall–Kier alpha value is -3.55. The van der Waals surface area contributed by atoms with Crippen molar-refractivity contribution in [1.29, 1.82) is 0 Å². The van der Waals surface area contributed by atoms with Gasteiger partial charge in [-0.3, -0.25) is 4.79 Å². The average Bonchev–Trinajstić information content (AvgIpc) is 3.16. The van der Waals surface area contributed by atoms with E-state index in [1.165, 1.54) is 17.5 Å². The van der Waals surface area contributed by atoms with E-state index in [1.54, 1.807) is 24.3 Å². The minimum atomic E-state index is -0.432. The lowest BCUT2D eigenvalue weighted by Crippen LogP contribution is -2.20. The molecule has 0 saturated heterocycles. The Labute approximate surface area is 162 Å². The zero-order valence-electron chi connectivity index (χ0n) is 15.9. The third kappa shape index (κ3) is 4.59. The predicted octanol–water partition coefficient (Wildman–Crippen LogP) is 2.89. The molecule has 8 heteroatoms. The Morgan fingerprint density at radius 2 is 1.75 bits per heavy atom. The molecule has 1 heterocycles. The molecule has 0 radical (unpaired) electrons. The summed E-state index contributed by atoms with van der Waals surface area (Å²) < 4.78 is 4.64. The Kier molecular flexibility index (Phi) is 5.78. The predicted molar refractivity (Wildman–Crippen MR) is 104 cm³/mol. The number of hydrogen-bond donors (Lipinski definition) is 1. The van der Waals surface area contributed by atoms with E-state index in [9.17, 15) is 9.59 Å². The first-order valence-corrected chi connectivity index (χ1v) is 8.82. The van der Waals surface area contributed by atoms with Crippen LogP contribution >= 0.6 is 0 Å². The summed E-state index contributed by atoms with van der Waals surface area (Å²) in [6.07, 6.45) is 0. The number of hydrogen-bond acceptors (Lipinski definition) is 6. The number of benzene rings is 2. The zero-order valence-corrected chi connectivity index (χ0v) is 15.9. The third-order valence-corrected chi connectivity index (χ3v) is 4.16. The quantitative estimate of drug-likeness (QED) is 0.661. The van der Waals surface area contributed by atoms with Gasteiger partial charge in [0.2, 0.25) is 11.7 Å². The van der Waals surface area contributed by atoms with Gasteiger partial charge in [0.05, 0.1) is 12.7 Å². The average molecular weight is 379 g/mol. The van der Waals surface area contributed by atoms with Gasteiger partial charge in [-0.05, 0) is 41.0 Å². The highest BCUT2D eigenvalue weighted by Crippen LogP contribution is 2.19. The summed E-state index contributed by atoms with van der Waals surface area (Å²) in [6.45, 7) is 4.19. The number of carbonyl (C=O) groups excluding carboxylic acids is 2. The topological polar surface area (TPSA) is 99.0 Å². The van der Waals surface area contributed by atoms with Crippen molar-refractivity contribution in [1.82, 2.24) is 20.2 Å². The van der Waals surface area contributed by atoms with E-state index in [0.29, 0.717) is 23.0 Å². The van der Waals surface area contributed by atoms with Crippen LogP contribution in [0.3, 0.4) is 0 Å². The van der Waals surface area contributed by atoms with Gasteiger partial charge in [0.25, 0.3) is 0 Å². The minimum Gasteiger partial charge on any atom is -0.465 e. The summed E-state index contributed by atoms with van der Waals surface area (Å²) in [5.41, 5.74) is 3.04. The molecule has 0 aliphatic carbocycles. The van der Waals surface area contributed by atoms with Gasteiger partial charge in [-0.2, -0.15) is 4.80 Å². The summed E-state index contributed by atoms with van der Waals surface area (Å²) in [4.78, 5) is 24.9. The summed E-state index contributed by atoms with van der Waals surface area (Å²) in [5.74, 6) is 0.178. The molecule has 0 fully saturated rings. The van der Waals surface area contributed by atoms with Crippen LogP contribution in [0.1, 0.15) is 35.7 Å². The smallest absolute Gasteiger partial charge is 0.337 e. The van der Waals surface area contributed by atoms with Gasteiger partial charge >= 0.3 is 5.97 Å². The van der Waals surface area contributed by atoms with Gasteiger partial charge < -0.3 is 10.1 Å². The molecule has 0 spiro atoms. The van der Waals surface area contributed by atoms with Gasteiger partial charge in [-0.25, -0.2) is 4.79 Å². The van der Waals surface area contributed by atoms with E-state index in [0.717, 1.165) is 5.56 Å². The summed E-state index contributed by atoms with van der Waals surface area (Å²) in [7, 11) is 1.32. The first kappa shape index (κ1) is 19.2. The highest BCUT2D eigenvalue weighted by molar-refractivity contribution is 5.92. The van der Waals surface area contributed by atoms with E-state index in [2.05, 4.69) is 39.3 Å². The number of carbonyl (C=O) groups is 2. The molecule has 28 heavy (non-hydrogen) atoms. The normalized spacial score (nSPS) is 10.7. The Bertz CT molecular complexity index is 962. The van der Waals surface area contributed by atoms with Crippen molar-refractivity contribution in [2.75, 3.05) is 12.4 Å².